The van der Waals surface area contributed by atoms with Crippen LogP contribution in [0.25, 0.3) is 0 Å². The summed E-state index contributed by atoms with van der Waals surface area (Å²) in [6.07, 6.45) is 0.361. The lowest BCUT2D eigenvalue weighted by molar-refractivity contribution is -0.133. The number of hydroxylamine groups is 1. The van der Waals surface area contributed by atoms with Crippen LogP contribution in [0.4, 0.5) is 4.39 Å². The van der Waals surface area contributed by atoms with Crippen molar-refractivity contribution in [1.29, 1.82) is 0 Å². The monoisotopic (exact) mass is 516 g/mol. The quantitative estimate of drug-likeness (QED) is 0.254. The van der Waals surface area contributed by atoms with Crippen LogP contribution in [0.2, 0.25) is 0 Å². The third-order valence-corrected chi connectivity index (χ3v) is 7.58. The lowest BCUT2D eigenvalue weighted by Crippen LogP contribution is -2.46. The molecule has 0 spiro atoms. The zero-order valence-electron chi connectivity index (χ0n) is 19.4. The minimum atomic E-state index is -4.30. The van der Waals surface area contributed by atoms with Crippen molar-refractivity contribution in [3.05, 3.63) is 83.7 Å². The number of carbonyl (C=O) groups is 1. The molecule has 2 N–H and O–H groups in total. The average Bonchev–Trinajstić information content (AvgIpc) is 2.89. The molecule has 0 saturated heterocycles. The van der Waals surface area contributed by atoms with Crippen LogP contribution < -0.4 is 15.0 Å². The van der Waals surface area contributed by atoms with Gasteiger partial charge in [0, 0.05) is 13.7 Å². The van der Waals surface area contributed by atoms with Crippen molar-refractivity contribution < 1.29 is 37.0 Å². The number of nitrogens with zero attached hydrogens (tertiary/aromatic N) is 1. The predicted octanol–water partition coefficient (Wildman–Crippen LogP) is 3.44. The van der Waals surface area contributed by atoms with E-state index in [1.54, 1.807) is 61.1 Å². The number of fused-ring (bicyclic) bond motifs is 1. The molecule has 9 nitrogen and oxygen atoms in total. The van der Waals surface area contributed by atoms with Gasteiger partial charge >= 0.3 is 0 Å². The summed E-state index contributed by atoms with van der Waals surface area (Å²) in [7, 11) is -2.73. The van der Waals surface area contributed by atoms with Gasteiger partial charge in [-0.1, -0.05) is 24.3 Å². The summed E-state index contributed by atoms with van der Waals surface area (Å²) in [6.45, 7) is 0.800. The number of rotatable bonds is 9. The zero-order chi connectivity index (χ0) is 25.7. The first-order valence-corrected chi connectivity index (χ1v) is 12.5. The van der Waals surface area contributed by atoms with E-state index in [-0.39, 0.29) is 17.2 Å². The maximum Gasteiger partial charge on any atom is 0.266 e. The van der Waals surface area contributed by atoms with Crippen molar-refractivity contribution in [3.8, 4) is 17.2 Å². The lowest BCUT2D eigenvalue weighted by Gasteiger charge is -2.34. The molecule has 1 heterocycles. The minimum absolute atomic E-state index is 0.0178. The van der Waals surface area contributed by atoms with E-state index in [0.29, 0.717) is 36.7 Å². The Morgan fingerprint density at radius 2 is 1.81 bits per heavy atom. The molecule has 3 aromatic rings. The molecular weight excluding hydrogens is 491 g/mol. The fourth-order valence-electron chi connectivity index (χ4n) is 3.97. The molecule has 11 heteroatoms. The molecule has 1 amide bonds. The summed E-state index contributed by atoms with van der Waals surface area (Å²) in [5.74, 6) is -1.05. The van der Waals surface area contributed by atoms with E-state index in [1.165, 1.54) is 12.1 Å². The molecule has 0 bridgehead atoms. The van der Waals surface area contributed by atoms with Gasteiger partial charge < -0.3 is 14.2 Å². The third kappa shape index (κ3) is 5.34. The maximum atomic E-state index is 14.9. The Balaban J connectivity index is 1.55. The van der Waals surface area contributed by atoms with Gasteiger partial charge in [-0.3, -0.25) is 10.0 Å². The van der Waals surface area contributed by atoms with Crippen LogP contribution in [0.1, 0.15) is 17.2 Å². The Bertz CT molecular complexity index is 1330. The average molecular weight is 517 g/mol. The number of amides is 1. The Labute approximate surface area is 208 Å². The molecule has 190 valence electrons. The number of nitrogens with one attached hydrogen (secondary N) is 1. The second-order valence-corrected chi connectivity index (χ2v) is 9.84. The molecule has 3 aromatic carbocycles. The first-order valence-electron chi connectivity index (χ1n) is 11.1. The van der Waals surface area contributed by atoms with E-state index in [9.17, 15) is 22.8 Å². The van der Waals surface area contributed by atoms with E-state index >= 15 is 0 Å². The number of sulfonamides is 1. The van der Waals surface area contributed by atoms with Crippen LogP contribution in [-0.2, 0) is 26.0 Å². The predicted molar refractivity (Wildman–Crippen MR) is 127 cm³/mol. The number of methoxy groups -OCH3 is 1. The van der Waals surface area contributed by atoms with Crippen molar-refractivity contribution in [1.82, 2.24) is 9.79 Å². The summed E-state index contributed by atoms with van der Waals surface area (Å²) in [5, 5.41) is 9.25. The largest absolute Gasteiger partial charge is 0.491 e. The van der Waals surface area contributed by atoms with E-state index < -0.39 is 27.8 Å². The van der Waals surface area contributed by atoms with Crippen LogP contribution in [0, 0.1) is 5.82 Å². The topological polar surface area (TPSA) is 114 Å². The second kappa shape index (κ2) is 11.0. The molecule has 36 heavy (non-hydrogen) atoms. The van der Waals surface area contributed by atoms with E-state index in [0.717, 1.165) is 15.9 Å². The molecule has 0 aliphatic carbocycles. The van der Waals surface area contributed by atoms with Gasteiger partial charge in [0.05, 0.1) is 11.5 Å². The fourth-order valence-corrected chi connectivity index (χ4v) is 5.55. The van der Waals surface area contributed by atoms with Crippen molar-refractivity contribution in [2.45, 2.75) is 17.4 Å². The molecule has 0 saturated carbocycles. The first-order chi connectivity index (χ1) is 17.3. The Hall–Kier alpha value is -3.51. The molecule has 1 aliphatic heterocycles. The highest BCUT2D eigenvalue weighted by molar-refractivity contribution is 7.89. The summed E-state index contributed by atoms with van der Waals surface area (Å²) in [4.78, 5) is 12.1. The summed E-state index contributed by atoms with van der Waals surface area (Å²) >= 11 is 0. The molecule has 0 unspecified atom stereocenters. The highest BCUT2D eigenvalue weighted by Gasteiger charge is 2.40. The molecule has 1 atom stereocenters. The number of halogens is 1. The van der Waals surface area contributed by atoms with Crippen molar-refractivity contribution in [3.63, 3.8) is 0 Å². The number of hydrogen-bond acceptors (Lipinski definition) is 7. The Morgan fingerprint density at radius 1 is 1.08 bits per heavy atom. The highest BCUT2D eigenvalue weighted by Crippen LogP contribution is 2.36. The minimum Gasteiger partial charge on any atom is -0.491 e. The molecule has 0 radical (unpaired) electrons. The number of benzene rings is 3. The Morgan fingerprint density at radius 3 is 2.50 bits per heavy atom. The van der Waals surface area contributed by atoms with E-state index in [2.05, 4.69) is 0 Å². The van der Waals surface area contributed by atoms with Gasteiger partial charge in [-0.25, -0.2) is 18.3 Å². The summed E-state index contributed by atoms with van der Waals surface area (Å²) in [6, 6.07) is 15.4. The van der Waals surface area contributed by atoms with Gasteiger partial charge in [0.1, 0.15) is 24.1 Å². The van der Waals surface area contributed by atoms with Crippen molar-refractivity contribution in [2.24, 2.45) is 0 Å². The van der Waals surface area contributed by atoms with Crippen LogP contribution in [-0.4, -0.2) is 50.7 Å². The fraction of sp³-hybridized carbons (Fsp3) is 0.240. The number of hydrogen-bond donors (Lipinski definition) is 2. The molecular formula is C25H25FN2O7S. The van der Waals surface area contributed by atoms with Crippen LogP contribution >= 0.6 is 0 Å². The molecule has 4 rings (SSSR count). The van der Waals surface area contributed by atoms with Gasteiger partial charge in [0.15, 0.2) is 11.6 Å². The van der Waals surface area contributed by atoms with Gasteiger partial charge in [-0.05, 0) is 60.0 Å². The third-order valence-electron chi connectivity index (χ3n) is 5.72. The van der Waals surface area contributed by atoms with Gasteiger partial charge in [0.2, 0.25) is 10.0 Å². The summed E-state index contributed by atoms with van der Waals surface area (Å²) < 4.78 is 58.7. The lowest BCUT2D eigenvalue weighted by atomic mass is 9.94. The Kier molecular flexibility index (Phi) is 7.85. The van der Waals surface area contributed by atoms with Crippen LogP contribution in [0.3, 0.4) is 0 Å². The van der Waals surface area contributed by atoms with Crippen molar-refractivity contribution >= 4 is 15.9 Å². The molecule has 0 aromatic heterocycles. The summed E-state index contributed by atoms with van der Waals surface area (Å²) in [5.41, 5.74) is 2.79. The molecule has 0 fully saturated rings. The van der Waals surface area contributed by atoms with Gasteiger partial charge in [0.25, 0.3) is 5.91 Å². The second-order valence-electron chi connectivity index (χ2n) is 7.95. The first kappa shape index (κ1) is 25.6. The zero-order valence-corrected chi connectivity index (χ0v) is 20.2. The van der Waals surface area contributed by atoms with E-state index in [1.807, 2.05) is 0 Å². The smallest absolute Gasteiger partial charge is 0.266 e. The standard InChI is InChI=1S/C25H25FN2O7S/c1-33-14-15-34-18-6-8-19(9-7-18)35-23-11-10-20(16-22(23)26)36(31,32)28-13-12-17-4-2-3-5-21(17)24(28)25(29)27-30/h2-11,16,24,30H,12-15H2,1H3,(H,27,29)/t24-/m0/s1. The number of ether oxygens (including phenoxy) is 3. The van der Waals surface area contributed by atoms with Gasteiger partial charge in [-0.15, -0.1) is 0 Å². The maximum absolute atomic E-state index is 14.9. The highest BCUT2D eigenvalue weighted by atomic mass is 32.2. The molecule has 1 aliphatic rings. The van der Waals surface area contributed by atoms with E-state index in [4.69, 9.17) is 14.2 Å². The SMILES string of the molecule is COCCOc1ccc(Oc2ccc(S(=O)(=O)N3CCc4ccccc4[C@H]3C(=O)NO)cc2F)cc1. The van der Waals surface area contributed by atoms with Crippen LogP contribution in [0.5, 0.6) is 17.2 Å². The normalized spacial score (nSPS) is 15.7. The van der Waals surface area contributed by atoms with Gasteiger partial charge in [-0.2, -0.15) is 4.31 Å². The number of carbonyl (C=O) groups excluding carboxylic acids is 1. The van der Waals surface area contributed by atoms with Crippen LogP contribution in [0.15, 0.2) is 71.6 Å². The van der Waals surface area contributed by atoms with Crippen molar-refractivity contribution in [2.75, 3.05) is 26.9 Å².